The van der Waals surface area contributed by atoms with E-state index in [0.717, 1.165) is 32.2 Å². The molecule has 3 heteroatoms. The molecule has 0 unspecified atom stereocenters. The number of hydrogen-bond acceptors (Lipinski definition) is 3. The second-order valence-electron chi connectivity index (χ2n) is 8.60. The molecule has 1 aliphatic heterocycles. The largest absolute Gasteiger partial charge is 0.373 e. The number of ether oxygens (including phenoxy) is 1. The monoisotopic (exact) mass is 282 g/mol. The molecule has 20 heavy (non-hydrogen) atoms. The van der Waals surface area contributed by atoms with Crippen LogP contribution in [0.15, 0.2) is 0 Å². The van der Waals surface area contributed by atoms with Crippen molar-refractivity contribution >= 4 is 0 Å². The van der Waals surface area contributed by atoms with Crippen molar-refractivity contribution in [3.05, 3.63) is 0 Å². The summed E-state index contributed by atoms with van der Waals surface area (Å²) in [6.45, 7) is 15.2. The summed E-state index contributed by atoms with van der Waals surface area (Å²) in [5.74, 6) is 0.844. The fourth-order valence-corrected chi connectivity index (χ4v) is 4.09. The van der Waals surface area contributed by atoms with Gasteiger partial charge in [-0.2, -0.15) is 0 Å². The normalized spacial score (nSPS) is 36.0. The summed E-state index contributed by atoms with van der Waals surface area (Å²) in [5.41, 5.74) is 6.86. The van der Waals surface area contributed by atoms with Crippen LogP contribution in [-0.4, -0.2) is 42.3 Å². The van der Waals surface area contributed by atoms with Crippen molar-refractivity contribution < 1.29 is 4.74 Å². The second-order valence-corrected chi connectivity index (χ2v) is 8.60. The highest BCUT2D eigenvalue weighted by Crippen LogP contribution is 2.44. The zero-order chi connectivity index (χ0) is 15.0. The van der Waals surface area contributed by atoms with Gasteiger partial charge in [-0.3, -0.25) is 4.90 Å². The van der Waals surface area contributed by atoms with E-state index in [0.29, 0.717) is 5.41 Å². The van der Waals surface area contributed by atoms with Gasteiger partial charge in [0.1, 0.15) is 0 Å². The van der Waals surface area contributed by atoms with Crippen LogP contribution >= 0.6 is 0 Å². The Morgan fingerprint density at radius 1 is 1.20 bits per heavy atom. The third kappa shape index (κ3) is 3.37. The van der Waals surface area contributed by atoms with Crippen LogP contribution < -0.4 is 5.73 Å². The van der Waals surface area contributed by atoms with Gasteiger partial charge in [0.05, 0.1) is 12.2 Å². The van der Waals surface area contributed by atoms with Crippen LogP contribution in [0.4, 0.5) is 0 Å². The van der Waals surface area contributed by atoms with Crippen LogP contribution in [0.1, 0.15) is 60.3 Å². The molecule has 0 spiro atoms. The molecule has 0 aromatic rings. The van der Waals surface area contributed by atoms with Gasteiger partial charge >= 0.3 is 0 Å². The molecule has 0 atom stereocenters. The number of nitrogens with two attached hydrogens (primary N) is 1. The molecule has 0 bridgehead atoms. The molecule has 0 amide bonds. The lowest BCUT2D eigenvalue weighted by molar-refractivity contribution is -0.125. The molecule has 2 N–H and O–H groups in total. The average Bonchev–Trinajstić information content (AvgIpc) is 2.36. The van der Waals surface area contributed by atoms with E-state index in [9.17, 15) is 0 Å². The molecule has 1 saturated carbocycles. The lowest BCUT2D eigenvalue weighted by atomic mass is 9.66. The van der Waals surface area contributed by atoms with Crippen molar-refractivity contribution in [2.75, 3.05) is 26.2 Å². The van der Waals surface area contributed by atoms with Gasteiger partial charge in [-0.05, 0) is 50.9 Å². The molecule has 2 fully saturated rings. The van der Waals surface area contributed by atoms with E-state index in [4.69, 9.17) is 10.5 Å². The van der Waals surface area contributed by atoms with Crippen molar-refractivity contribution in [2.45, 2.75) is 71.4 Å². The van der Waals surface area contributed by atoms with Crippen LogP contribution in [-0.2, 0) is 4.74 Å². The third-order valence-electron chi connectivity index (χ3n) is 5.62. The maximum absolute atomic E-state index is 6.23. The van der Waals surface area contributed by atoms with Crippen LogP contribution in [0.2, 0.25) is 0 Å². The topological polar surface area (TPSA) is 38.5 Å². The Morgan fingerprint density at radius 2 is 1.80 bits per heavy atom. The van der Waals surface area contributed by atoms with Crippen LogP contribution in [0.3, 0.4) is 0 Å². The molecule has 118 valence electrons. The number of rotatable bonds is 2. The van der Waals surface area contributed by atoms with E-state index in [1.165, 1.54) is 25.7 Å². The van der Waals surface area contributed by atoms with E-state index in [1.54, 1.807) is 0 Å². The van der Waals surface area contributed by atoms with Gasteiger partial charge in [-0.15, -0.1) is 0 Å². The molecule has 2 aliphatic rings. The fourth-order valence-electron chi connectivity index (χ4n) is 4.09. The highest BCUT2D eigenvalue weighted by molar-refractivity contribution is 5.00. The molecular weight excluding hydrogens is 248 g/mol. The Morgan fingerprint density at radius 3 is 2.25 bits per heavy atom. The number of hydrogen-bond donors (Lipinski definition) is 1. The maximum Gasteiger partial charge on any atom is 0.0753 e. The van der Waals surface area contributed by atoms with Crippen molar-refractivity contribution in [3.8, 4) is 0 Å². The van der Waals surface area contributed by atoms with Gasteiger partial charge < -0.3 is 10.5 Å². The second kappa shape index (κ2) is 5.58. The van der Waals surface area contributed by atoms with E-state index >= 15 is 0 Å². The highest BCUT2D eigenvalue weighted by Gasteiger charge is 2.44. The Balaban J connectivity index is 2.05. The maximum atomic E-state index is 6.23. The van der Waals surface area contributed by atoms with Crippen LogP contribution in [0.25, 0.3) is 0 Å². The molecule has 0 aromatic heterocycles. The number of morpholine rings is 1. The van der Waals surface area contributed by atoms with Gasteiger partial charge in [-0.25, -0.2) is 0 Å². The van der Waals surface area contributed by atoms with Crippen molar-refractivity contribution in [3.63, 3.8) is 0 Å². The smallest absolute Gasteiger partial charge is 0.0753 e. The van der Waals surface area contributed by atoms with Crippen molar-refractivity contribution in [2.24, 2.45) is 17.1 Å². The third-order valence-corrected chi connectivity index (χ3v) is 5.62. The zero-order valence-corrected chi connectivity index (χ0v) is 14.2. The summed E-state index contributed by atoms with van der Waals surface area (Å²) < 4.78 is 5.87. The summed E-state index contributed by atoms with van der Waals surface area (Å²) >= 11 is 0. The molecular formula is C17H34N2O. The van der Waals surface area contributed by atoms with Crippen molar-refractivity contribution in [1.29, 1.82) is 0 Å². The van der Waals surface area contributed by atoms with Crippen molar-refractivity contribution in [1.82, 2.24) is 4.90 Å². The van der Waals surface area contributed by atoms with Crippen LogP contribution in [0, 0.1) is 11.3 Å². The minimum absolute atomic E-state index is 0.0265. The Hall–Kier alpha value is -0.120. The molecule has 0 radical (unpaired) electrons. The van der Waals surface area contributed by atoms with Gasteiger partial charge in [0.25, 0.3) is 0 Å². The minimum Gasteiger partial charge on any atom is -0.373 e. The summed E-state index contributed by atoms with van der Waals surface area (Å²) in [7, 11) is 0. The molecule has 2 rings (SSSR count). The lowest BCUT2D eigenvalue weighted by Gasteiger charge is -2.53. The first-order valence-electron chi connectivity index (χ1n) is 8.28. The van der Waals surface area contributed by atoms with Gasteiger partial charge in [0.2, 0.25) is 0 Å². The summed E-state index contributed by atoms with van der Waals surface area (Å²) in [6.07, 6.45) is 5.14. The molecule has 1 heterocycles. The quantitative estimate of drug-likeness (QED) is 0.846. The first-order chi connectivity index (χ1) is 9.19. The van der Waals surface area contributed by atoms with E-state index in [1.807, 2.05) is 0 Å². The molecule has 0 aromatic carbocycles. The van der Waals surface area contributed by atoms with Crippen LogP contribution in [0.5, 0.6) is 0 Å². The first kappa shape index (κ1) is 16.3. The molecule has 3 nitrogen and oxygen atoms in total. The van der Waals surface area contributed by atoms with Gasteiger partial charge in [0, 0.05) is 25.2 Å². The number of nitrogens with zero attached hydrogens (tertiary/aromatic N) is 1. The predicted molar refractivity (Wildman–Crippen MR) is 84.8 cm³/mol. The summed E-state index contributed by atoms with van der Waals surface area (Å²) in [6, 6.07) is 0. The Bertz CT molecular complexity index is 324. The van der Waals surface area contributed by atoms with Gasteiger partial charge in [-0.1, -0.05) is 20.8 Å². The molecule has 1 saturated heterocycles. The zero-order valence-electron chi connectivity index (χ0n) is 14.2. The minimum atomic E-state index is -0.0265. The summed E-state index contributed by atoms with van der Waals surface area (Å²) in [5, 5.41) is 0. The Kier molecular flexibility index (Phi) is 4.54. The molecule has 1 aliphatic carbocycles. The van der Waals surface area contributed by atoms with E-state index in [2.05, 4.69) is 39.5 Å². The average molecular weight is 282 g/mol. The Labute approximate surface area is 125 Å². The standard InChI is InChI=1S/C17H34N2O/c1-15(2,3)14-6-8-17(12-18,9-7-14)19-10-11-20-16(4,5)13-19/h14H,6-13,18H2,1-5H3. The fraction of sp³-hybridized carbons (Fsp3) is 1.00. The summed E-state index contributed by atoms with van der Waals surface area (Å²) in [4.78, 5) is 2.63. The van der Waals surface area contributed by atoms with E-state index < -0.39 is 0 Å². The predicted octanol–water partition coefficient (Wildman–Crippen LogP) is 3.03. The highest BCUT2D eigenvalue weighted by atomic mass is 16.5. The first-order valence-corrected chi connectivity index (χ1v) is 8.28. The van der Waals surface area contributed by atoms with E-state index in [-0.39, 0.29) is 11.1 Å². The van der Waals surface area contributed by atoms with Gasteiger partial charge in [0.15, 0.2) is 0 Å². The SMILES string of the molecule is CC1(C)CN(C2(CN)CCC(C(C)(C)C)CC2)CCO1. The lowest BCUT2D eigenvalue weighted by Crippen LogP contribution is -2.62.